The number of ether oxygens (including phenoxy) is 1. The van der Waals surface area contributed by atoms with E-state index in [1.807, 2.05) is 59.6 Å². The molecule has 1 N–H and O–H groups in total. The fraction of sp³-hybridized carbons (Fsp3) is 0.100. The molecule has 3 heterocycles. The average Bonchev–Trinajstić information content (AvgIpc) is 3.31. The lowest BCUT2D eigenvalue weighted by Gasteiger charge is -2.39. The Labute approximate surface area is 160 Å². The van der Waals surface area contributed by atoms with Crippen LogP contribution in [0.3, 0.4) is 0 Å². The first-order valence-corrected chi connectivity index (χ1v) is 8.97. The zero-order chi connectivity index (χ0) is 17.7. The average molecular weight is 385 g/mol. The minimum Gasteiger partial charge on any atom is -0.469 e. The van der Waals surface area contributed by atoms with Crippen molar-refractivity contribution in [3.63, 3.8) is 0 Å². The zero-order valence-electron chi connectivity index (χ0n) is 13.5. The molecule has 4 nitrogen and oxygen atoms in total. The second-order valence-corrected chi connectivity index (χ2v) is 7.10. The number of nitrogens with zero attached hydrogens (tertiary/aromatic N) is 1. The predicted molar refractivity (Wildman–Crippen MR) is 101 cm³/mol. The smallest absolute Gasteiger partial charge is 0.196 e. The van der Waals surface area contributed by atoms with Crippen molar-refractivity contribution in [1.29, 1.82) is 0 Å². The fourth-order valence-corrected chi connectivity index (χ4v) is 3.80. The van der Waals surface area contributed by atoms with E-state index in [0.717, 1.165) is 28.3 Å². The molecule has 1 aromatic heterocycles. The summed E-state index contributed by atoms with van der Waals surface area (Å²) in [6, 6.07) is 17.1. The molecule has 130 valence electrons. The molecule has 3 aromatic rings. The highest BCUT2D eigenvalue weighted by Gasteiger charge is 2.40. The molecule has 0 aliphatic carbocycles. The maximum atomic E-state index is 6.29. The Bertz CT molecular complexity index is 1000. The number of benzene rings is 2. The highest BCUT2D eigenvalue weighted by molar-refractivity contribution is 6.31. The van der Waals surface area contributed by atoms with Gasteiger partial charge in [-0.3, -0.25) is 0 Å². The van der Waals surface area contributed by atoms with Gasteiger partial charge in [-0.05, 0) is 48.5 Å². The quantitative estimate of drug-likeness (QED) is 0.625. The summed E-state index contributed by atoms with van der Waals surface area (Å²) in [4.78, 5) is 0. The van der Waals surface area contributed by atoms with Gasteiger partial charge in [0.2, 0.25) is 0 Å². The lowest BCUT2D eigenvalue weighted by Crippen LogP contribution is -2.43. The minimum absolute atomic E-state index is 0.0402. The first kappa shape index (κ1) is 15.8. The van der Waals surface area contributed by atoms with Gasteiger partial charge in [-0.2, -0.15) is 5.01 Å². The van der Waals surface area contributed by atoms with Crippen LogP contribution in [-0.4, -0.2) is 5.01 Å². The van der Waals surface area contributed by atoms with Crippen molar-refractivity contribution < 1.29 is 9.15 Å². The molecule has 0 saturated heterocycles. The van der Waals surface area contributed by atoms with E-state index < -0.39 is 0 Å². The Balaban J connectivity index is 1.62. The normalized spacial score (nSPS) is 21.4. The van der Waals surface area contributed by atoms with Gasteiger partial charge < -0.3 is 14.6 Å². The number of fused-ring (bicyclic) bond motifs is 3. The van der Waals surface area contributed by atoms with E-state index >= 15 is 0 Å². The van der Waals surface area contributed by atoms with Crippen LogP contribution in [0, 0.1) is 0 Å². The number of halogens is 2. The molecular weight excluding hydrogens is 371 g/mol. The second-order valence-electron chi connectivity index (χ2n) is 6.23. The summed E-state index contributed by atoms with van der Waals surface area (Å²) in [5, 5.41) is 3.39. The van der Waals surface area contributed by atoms with Crippen LogP contribution in [0.5, 0.6) is 5.75 Å². The molecule has 0 unspecified atom stereocenters. The molecule has 0 bridgehead atoms. The van der Waals surface area contributed by atoms with Crippen molar-refractivity contribution in [3.8, 4) is 5.75 Å². The van der Waals surface area contributed by atoms with Crippen molar-refractivity contribution in [2.75, 3.05) is 0 Å². The molecule has 6 heteroatoms. The Kier molecular flexibility index (Phi) is 3.71. The Morgan fingerprint density at radius 1 is 0.962 bits per heavy atom. The molecule has 2 aliphatic heterocycles. The van der Waals surface area contributed by atoms with Crippen LogP contribution in [0.4, 0.5) is 0 Å². The maximum Gasteiger partial charge on any atom is 0.196 e. The maximum absolute atomic E-state index is 6.29. The molecule has 2 aromatic carbocycles. The van der Waals surface area contributed by atoms with E-state index in [9.17, 15) is 0 Å². The van der Waals surface area contributed by atoms with Crippen LogP contribution in [0.25, 0.3) is 5.70 Å². The number of rotatable bonds is 2. The van der Waals surface area contributed by atoms with Crippen molar-refractivity contribution in [2.45, 2.75) is 12.3 Å². The molecule has 0 radical (unpaired) electrons. The van der Waals surface area contributed by atoms with Crippen LogP contribution in [0.15, 0.2) is 71.4 Å². The monoisotopic (exact) mass is 384 g/mol. The van der Waals surface area contributed by atoms with Crippen molar-refractivity contribution in [2.24, 2.45) is 0 Å². The summed E-state index contributed by atoms with van der Waals surface area (Å²) < 4.78 is 11.8. The van der Waals surface area contributed by atoms with Gasteiger partial charge in [0, 0.05) is 21.2 Å². The van der Waals surface area contributed by atoms with E-state index in [-0.39, 0.29) is 12.3 Å². The van der Waals surface area contributed by atoms with Gasteiger partial charge in [-0.15, -0.1) is 0 Å². The molecule has 2 aliphatic rings. The van der Waals surface area contributed by atoms with E-state index in [1.54, 1.807) is 6.26 Å². The first-order valence-electron chi connectivity index (χ1n) is 8.21. The van der Waals surface area contributed by atoms with E-state index in [1.165, 1.54) is 0 Å². The third-order valence-corrected chi connectivity index (χ3v) is 5.05. The number of hydrazine groups is 1. The summed E-state index contributed by atoms with van der Waals surface area (Å²) >= 11 is 12.4. The molecular formula is C20H14Cl2N2O2. The summed E-state index contributed by atoms with van der Waals surface area (Å²) in [6.07, 6.45) is 3.44. The van der Waals surface area contributed by atoms with Crippen molar-refractivity contribution in [3.05, 3.63) is 93.9 Å². The Morgan fingerprint density at radius 2 is 1.85 bits per heavy atom. The second kappa shape index (κ2) is 6.09. The van der Waals surface area contributed by atoms with E-state index in [2.05, 4.69) is 11.5 Å². The molecule has 0 amide bonds. The lowest BCUT2D eigenvalue weighted by atomic mass is 10.0. The fourth-order valence-electron chi connectivity index (χ4n) is 3.42. The standard InChI is InChI=1S/C20H14Cl2N2O2/c21-13-4-1-3-12(9-13)20-24-17(11-16(23-24)19-5-2-8-25-19)15-10-14(22)6-7-18(15)26-20/h1-11,17,20,23H/t17-,20+/m1/s1. The van der Waals surface area contributed by atoms with E-state index in [4.69, 9.17) is 32.4 Å². The molecule has 2 atom stereocenters. The van der Waals surface area contributed by atoms with Gasteiger partial charge in [0.15, 0.2) is 12.0 Å². The molecule has 0 spiro atoms. The van der Waals surface area contributed by atoms with Crippen LogP contribution in [0.2, 0.25) is 10.0 Å². The first-order chi connectivity index (χ1) is 12.7. The highest BCUT2D eigenvalue weighted by Crippen LogP contribution is 2.46. The third kappa shape index (κ3) is 2.58. The zero-order valence-corrected chi connectivity index (χ0v) is 15.0. The molecule has 5 rings (SSSR count). The van der Waals surface area contributed by atoms with Crippen LogP contribution >= 0.6 is 23.2 Å². The van der Waals surface area contributed by atoms with E-state index in [0.29, 0.717) is 10.0 Å². The predicted octanol–water partition coefficient (Wildman–Crippen LogP) is 5.58. The van der Waals surface area contributed by atoms with Gasteiger partial charge in [-0.1, -0.05) is 35.3 Å². The Hall–Kier alpha value is -2.40. The lowest BCUT2D eigenvalue weighted by molar-refractivity contribution is -0.0328. The van der Waals surface area contributed by atoms with Crippen LogP contribution in [-0.2, 0) is 0 Å². The topological polar surface area (TPSA) is 37.6 Å². The van der Waals surface area contributed by atoms with Gasteiger partial charge >= 0.3 is 0 Å². The van der Waals surface area contributed by atoms with Gasteiger partial charge in [-0.25, -0.2) is 0 Å². The van der Waals surface area contributed by atoms with Gasteiger partial charge in [0.1, 0.15) is 5.75 Å². The summed E-state index contributed by atoms with van der Waals surface area (Å²) in [7, 11) is 0. The number of nitrogens with one attached hydrogen (secondary N) is 1. The number of furan rings is 1. The molecule has 0 fully saturated rings. The Morgan fingerprint density at radius 3 is 2.65 bits per heavy atom. The van der Waals surface area contributed by atoms with Gasteiger partial charge in [0.25, 0.3) is 0 Å². The molecule has 0 saturated carbocycles. The summed E-state index contributed by atoms with van der Waals surface area (Å²) in [6.45, 7) is 0. The molecule has 26 heavy (non-hydrogen) atoms. The van der Waals surface area contributed by atoms with Crippen molar-refractivity contribution >= 4 is 28.9 Å². The summed E-state index contributed by atoms with van der Waals surface area (Å²) in [5.74, 6) is 1.58. The minimum atomic E-state index is -0.337. The van der Waals surface area contributed by atoms with Gasteiger partial charge in [0.05, 0.1) is 18.0 Å². The number of hydrogen-bond acceptors (Lipinski definition) is 4. The van der Waals surface area contributed by atoms with Crippen LogP contribution < -0.4 is 10.2 Å². The van der Waals surface area contributed by atoms with Crippen LogP contribution in [0.1, 0.15) is 29.2 Å². The number of hydrogen-bond donors (Lipinski definition) is 1. The third-order valence-electron chi connectivity index (χ3n) is 4.58. The highest BCUT2D eigenvalue weighted by atomic mass is 35.5. The SMILES string of the molecule is Clc1cccc([C@@H]2Oc3ccc(Cl)cc3[C@H]3C=C(c4ccco4)NN32)c1. The van der Waals surface area contributed by atoms with Crippen molar-refractivity contribution in [1.82, 2.24) is 10.4 Å². The largest absolute Gasteiger partial charge is 0.469 e. The summed E-state index contributed by atoms with van der Waals surface area (Å²) in [5.41, 5.74) is 6.27.